The maximum absolute atomic E-state index is 12.4. The van der Waals surface area contributed by atoms with Gasteiger partial charge in [-0.1, -0.05) is 55.7 Å². The number of nitrogens with one attached hydrogen (secondary N) is 1. The van der Waals surface area contributed by atoms with Crippen LogP contribution in [0.5, 0.6) is 5.75 Å². The fourth-order valence-corrected chi connectivity index (χ4v) is 4.15. The third kappa shape index (κ3) is 5.59. The predicted octanol–water partition coefficient (Wildman–Crippen LogP) is 5.97. The number of hydrogen-bond donors (Lipinski definition) is 1. The molecular weight excluding hydrogens is 454 g/mol. The molecule has 1 atom stereocenters. The first kappa shape index (κ1) is 24.2. The minimum Gasteiger partial charge on any atom is -0.489 e. The van der Waals surface area contributed by atoms with E-state index in [0.29, 0.717) is 41.0 Å². The molecule has 1 N–H and O–H groups in total. The first-order chi connectivity index (χ1) is 16.1. The van der Waals surface area contributed by atoms with Crippen LogP contribution < -0.4 is 10.1 Å². The van der Waals surface area contributed by atoms with Crippen molar-refractivity contribution >= 4 is 17.6 Å². The van der Waals surface area contributed by atoms with Crippen LogP contribution in [0.4, 0.5) is 0 Å². The zero-order valence-corrected chi connectivity index (χ0v) is 20.9. The molecule has 34 heavy (non-hydrogen) atoms. The molecule has 7 nitrogen and oxygen atoms in total. The number of aromatic nitrogens is 2. The molecule has 0 radical (unpaired) electrons. The van der Waals surface area contributed by atoms with E-state index < -0.39 is 6.23 Å². The van der Waals surface area contributed by atoms with Crippen LogP contribution in [-0.2, 0) is 16.0 Å². The van der Waals surface area contributed by atoms with Gasteiger partial charge >= 0.3 is 5.97 Å². The maximum Gasteiger partial charge on any atom is 0.308 e. The topological polar surface area (TPSA) is 86.5 Å². The van der Waals surface area contributed by atoms with Crippen molar-refractivity contribution in [3.8, 4) is 28.6 Å². The second-order valence-corrected chi connectivity index (χ2v) is 10.3. The zero-order chi connectivity index (χ0) is 24.5. The first-order valence-electron chi connectivity index (χ1n) is 11.5. The van der Waals surface area contributed by atoms with Crippen molar-refractivity contribution in [2.45, 2.75) is 59.8 Å². The monoisotopic (exact) mass is 483 g/mol. The number of hydrogen-bond acceptors (Lipinski definition) is 7. The van der Waals surface area contributed by atoms with Crippen LogP contribution >= 0.6 is 11.6 Å². The van der Waals surface area contributed by atoms with Crippen molar-refractivity contribution < 1.29 is 18.8 Å². The van der Waals surface area contributed by atoms with E-state index in [1.165, 1.54) is 0 Å². The van der Waals surface area contributed by atoms with Crippen LogP contribution in [0.2, 0.25) is 5.02 Å². The molecule has 0 saturated heterocycles. The third-order valence-electron chi connectivity index (χ3n) is 5.33. The summed E-state index contributed by atoms with van der Waals surface area (Å²) in [6, 6.07) is 11.2. The molecule has 8 heteroatoms. The summed E-state index contributed by atoms with van der Waals surface area (Å²) in [6.07, 6.45) is 0.624. The van der Waals surface area contributed by atoms with Gasteiger partial charge in [-0.25, -0.2) is 0 Å². The van der Waals surface area contributed by atoms with Gasteiger partial charge in [-0.15, -0.1) is 0 Å². The Morgan fingerprint density at radius 1 is 1.26 bits per heavy atom. The first-order valence-corrected chi connectivity index (χ1v) is 11.8. The van der Waals surface area contributed by atoms with Crippen LogP contribution in [0.25, 0.3) is 22.8 Å². The number of nitrogens with zero attached hydrogens (tertiary/aromatic N) is 2. The van der Waals surface area contributed by atoms with Gasteiger partial charge in [0.2, 0.25) is 5.82 Å². The van der Waals surface area contributed by atoms with Crippen LogP contribution in [0.1, 0.15) is 58.4 Å². The molecule has 0 fully saturated rings. The molecule has 2 aromatic carbocycles. The summed E-state index contributed by atoms with van der Waals surface area (Å²) in [6.45, 7) is 10.6. The zero-order valence-electron chi connectivity index (χ0n) is 20.1. The highest BCUT2D eigenvalue weighted by atomic mass is 35.5. The molecule has 0 spiro atoms. The van der Waals surface area contributed by atoms with Gasteiger partial charge in [-0.05, 0) is 49.4 Å². The Morgan fingerprint density at radius 3 is 2.76 bits per heavy atom. The minimum absolute atomic E-state index is 0.0219. The second kappa shape index (κ2) is 9.76. The van der Waals surface area contributed by atoms with Crippen LogP contribution in [0.3, 0.4) is 0 Å². The average molecular weight is 484 g/mol. The Morgan fingerprint density at radius 2 is 2.06 bits per heavy atom. The Hall–Kier alpha value is -2.90. The third-order valence-corrected chi connectivity index (χ3v) is 5.63. The molecule has 1 aromatic heterocycles. The molecule has 2 heterocycles. The van der Waals surface area contributed by atoms with Crippen molar-refractivity contribution in [1.82, 2.24) is 15.5 Å². The molecule has 1 aliphatic heterocycles. The van der Waals surface area contributed by atoms with Gasteiger partial charge in [-0.2, -0.15) is 4.98 Å². The van der Waals surface area contributed by atoms with Gasteiger partial charge in [0.1, 0.15) is 5.75 Å². The summed E-state index contributed by atoms with van der Waals surface area (Å²) in [5, 5.41) is 7.99. The highest BCUT2D eigenvalue weighted by molar-refractivity contribution is 6.32. The van der Waals surface area contributed by atoms with E-state index in [0.717, 1.165) is 23.1 Å². The van der Waals surface area contributed by atoms with E-state index in [4.69, 9.17) is 25.6 Å². The number of carbonyl (C=O) groups is 1. The standard InChI is InChI=1S/C26H30ClN3O4/c1-15(2)32-21-10-9-16(13-20(21)27)24-29-23(30-34-24)18-7-6-8-19-17(18)11-12-28-25(19)33-22(31)14-26(3,4)5/h6-10,13,15,25,28H,11-12,14H2,1-5H3. The van der Waals surface area contributed by atoms with Gasteiger partial charge in [0, 0.05) is 23.2 Å². The quantitative estimate of drug-likeness (QED) is 0.432. The van der Waals surface area contributed by atoms with Crippen molar-refractivity contribution in [3.63, 3.8) is 0 Å². The fraction of sp³-hybridized carbons (Fsp3) is 0.423. The Balaban J connectivity index is 1.59. The summed E-state index contributed by atoms with van der Waals surface area (Å²) in [5.41, 5.74) is 3.38. The summed E-state index contributed by atoms with van der Waals surface area (Å²) < 4.78 is 17.0. The van der Waals surface area contributed by atoms with E-state index in [2.05, 4.69) is 15.5 Å². The van der Waals surface area contributed by atoms with Crippen molar-refractivity contribution in [3.05, 3.63) is 52.5 Å². The SMILES string of the molecule is CC(C)Oc1ccc(-c2nc(-c3cccc4c3CCNC4OC(=O)CC(C)(C)C)no2)cc1Cl. The number of benzene rings is 2. The number of fused-ring (bicyclic) bond motifs is 1. The van der Waals surface area contributed by atoms with Crippen LogP contribution in [0.15, 0.2) is 40.9 Å². The second-order valence-electron chi connectivity index (χ2n) is 9.92. The van der Waals surface area contributed by atoms with Gasteiger partial charge in [0.05, 0.1) is 17.5 Å². The fourth-order valence-electron chi connectivity index (χ4n) is 3.92. The molecule has 1 aliphatic rings. The minimum atomic E-state index is -0.503. The number of ether oxygens (including phenoxy) is 2. The molecule has 0 amide bonds. The van der Waals surface area contributed by atoms with Crippen molar-refractivity contribution in [2.24, 2.45) is 5.41 Å². The largest absolute Gasteiger partial charge is 0.489 e. The molecule has 0 aliphatic carbocycles. The van der Waals surface area contributed by atoms with Crippen LogP contribution in [0, 0.1) is 5.41 Å². The Kier molecular flexibility index (Phi) is 6.96. The van der Waals surface area contributed by atoms with E-state index in [-0.39, 0.29) is 17.5 Å². The van der Waals surface area contributed by atoms with Crippen LogP contribution in [-0.4, -0.2) is 28.8 Å². The molecule has 180 valence electrons. The smallest absolute Gasteiger partial charge is 0.308 e. The molecule has 3 aromatic rings. The van der Waals surface area contributed by atoms with E-state index in [1.54, 1.807) is 12.1 Å². The molecule has 1 unspecified atom stereocenters. The lowest BCUT2D eigenvalue weighted by Gasteiger charge is -2.28. The van der Waals surface area contributed by atoms with Gasteiger partial charge in [0.25, 0.3) is 5.89 Å². The maximum atomic E-state index is 12.4. The lowest BCUT2D eigenvalue weighted by Crippen LogP contribution is -2.34. The molecular formula is C26H30ClN3O4. The highest BCUT2D eigenvalue weighted by Gasteiger charge is 2.28. The normalized spacial score (nSPS) is 15.8. The Labute approximate surface area is 204 Å². The van der Waals surface area contributed by atoms with Gasteiger partial charge < -0.3 is 14.0 Å². The van der Waals surface area contributed by atoms with Crippen molar-refractivity contribution in [2.75, 3.05) is 6.54 Å². The number of esters is 1. The highest BCUT2D eigenvalue weighted by Crippen LogP contribution is 2.35. The van der Waals surface area contributed by atoms with Gasteiger partial charge in [0.15, 0.2) is 6.23 Å². The molecule has 0 bridgehead atoms. The summed E-state index contributed by atoms with van der Waals surface area (Å²) in [4.78, 5) is 17.1. The summed E-state index contributed by atoms with van der Waals surface area (Å²) >= 11 is 6.38. The van der Waals surface area contributed by atoms with Crippen molar-refractivity contribution in [1.29, 1.82) is 0 Å². The summed E-state index contributed by atoms with van der Waals surface area (Å²) in [5.74, 6) is 1.23. The van der Waals surface area contributed by atoms with E-state index in [9.17, 15) is 4.79 Å². The van der Waals surface area contributed by atoms with E-state index in [1.807, 2.05) is 58.9 Å². The number of rotatable bonds is 6. The molecule has 4 rings (SSSR count). The van der Waals surface area contributed by atoms with E-state index >= 15 is 0 Å². The average Bonchev–Trinajstić information content (AvgIpc) is 3.23. The predicted molar refractivity (Wildman–Crippen MR) is 131 cm³/mol. The lowest BCUT2D eigenvalue weighted by molar-refractivity contribution is -0.153. The number of carbonyl (C=O) groups excluding carboxylic acids is 1. The summed E-state index contributed by atoms with van der Waals surface area (Å²) in [7, 11) is 0. The molecule has 0 saturated carbocycles. The van der Waals surface area contributed by atoms with Gasteiger partial charge in [-0.3, -0.25) is 10.1 Å². The lowest BCUT2D eigenvalue weighted by atomic mass is 9.92. The Bertz CT molecular complexity index is 1180. The number of halogens is 1.